The summed E-state index contributed by atoms with van der Waals surface area (Å²) in [7, 11) is 0. The second kappa shape index (κ2) is 6.75. The molecule has 0 aromatic heterocycles. The maximum absolute atomic E-state index is 11.1. The molecule has 1 fully saturated rings. The van der Waals surface area contributed by atoms with Crippen molar-refractivity contribution in [1.82, 2.24) is 4.90 Å². The summed E-state index contributed by atoms with van der Waals surface area (Å²) in [6.07, 6.45) is 4.17. The number of nitrogens with zero attached hydrogens (tertiary/aromatic N) is 1. The Bertz CT molecular complexity index is 461. The number of hydrogen-bond acceptors (Lipinski definition) is 3. The summed E-state index contributed by atoms with van der Waals surface area (Å²) in [5, 5.41) is 19.2. The molecule has 4 nitrogen and oxygen atoms in total. The van der Waals surface area contributed by atoms with E-state index in [1.807, 2.05) is 18.2 Å². The molecule has 0 radical (unpaired) electrons. The van der Waals surface area contributed by atoms with E-state index in [4.69, 9.17) is 5.11 Å². The number of hydrogen-bond donors (Lipinski definition) is 2. The standard InChI is InChI=1S/C16H23NO3/c1-2-14(13-8-3-4-9-15(13)18)17-10-6-5-7-12(17)11-16(19)20/h3-4,8-9,12,14,18H,2,5-7,10-11H2,1H3,(H,19,20). The Balaban J connectivity index is 2.24. The van der Waals surface area contributed by atoms with Crippen LogP contribution in [-0.2, 0) is 4.79 Å². The summed E-state index contributed by atoms with van der Waals surface area (Å²) in [6.45, 7) is 2.99. The molecule has 1 aromatic rings. The normalized spacial score (nSPS) is 21.6. The number of carboxylic acids is 1. The van der Waals surface area contributed by atoms with Gasteiger partial charge in [0.25, 0.3) is 0 Å². The van der Waals surface area contributed by atoms with E-state index >= 15 is 0 Å². The summed E-state index contributed by atoms with van der Waals surface area (Å²) in [5.74, 6) is -0.437. The van der Waals surface area contributed by atoms with Gasteiger partial charge in [-0.15, -0.1) is 0 Å². The molecule has 1 aliphatic heterocycles. The molecule has 0 amide bonds. The maximum atomic E-state index is 11.1. The molecular weight excluding hydrogens is 254 g/mol. The molecule has 1 aromatic carbocycles. The zero-order chi connectivity index (χ0) is 14.5. The molecule has 110 valence electrons. The molecule has 0 saturated carbocycles. The first-order valence-corrected chi connectivity index (χ1v) is 7.39. The van der Waals surface area contributed by atoms with Gasteiger partial charge < -0.3 is 10.2 Å². The van der Waals surface area contributed by atoms with Crippen LogP contribution in [-0.4, -0.2) is 33.7 Å². The summed E-state index contributed by atoms with van der Waals surface area (Å²) < 4.78 is 0. The largest absolute Gasteiger partial charge is 0.508 e. The molecule has 0 spiro atoms. The van der Waals surface area contributed by atoms with Gasteiger partial charge in [0.1, 0.15) is 5.75 Å². The molecule has 1 saturated heterocycles. The van der Waals surface area contributed by atoms with Crippen LogP contribution in [0.1, 0.15) is 50.6 Å². The van der Waals surface area contributed by atoms with Crippen LogP contribution >= 0.6 is 0 Å². The number of rotatable bonds is 5. The summed E-state index contributed by atoms with van der Waals surface area (Å²) >= 11 is 0. The average molecular weight is 277 g/mol. The van der Waals surface area contributed by atoms with Crippen molar-refractivity contribution in [2.75, 3.05) is 6.54 Å². The van der Waals surface area contributed by atoms with Crippen LogP contribution in [0.4, 0.5) is 0 Å². The molecule has 2 atom stereocenters. The first-order valence-electron chi connectivity index (χ1n) is 7.39. The third-order valence-electron chi connectivity index (χ3n) is 4.17. The Morgan fingerprint density at radius 3 is 2.80 bits per heavy atom. The minimum Gasteiger partial charge on any atom is -0.508 e. The third-order valence-corrected chi connectivity index (χ3v) is 4.17. The Morgan fingerprint density at radius 1 is 1.40 bits per heavy atom. The van der Waals surface area contributed by atoms with Crippen molar-refractivity contribution in [3.05, 3.63) is 29.8 Å². The minimum absolute atomic E-state index is 0.0748. The van der Waals surface area contributed by atoms with Crippen LogP contribution in [0.2, 0.25) is 0 Å². The lowest BCUT2D eigenvalue weighted by molar-refractivity contribution is -0.139. The highest BCUT2D eigenvalue weighted by Crippen LogP contribution is 2.35. The van der Waals surface area contributed by atoms with Crippen molar-refractivity contribution in [3.8, 4) is 5.75 Å². The van der Waals surface area contributed by atoms with Gasteiger partial charge in [0.05, 0.1) is 6.42 Å². The highest BCUT2D eigenvalue weighted by molar-refractivity contribution is 5.67. The number of carbonyl (C=O) groups is 1. The van der Waals surface area contributed by atoms with E-state index in [0.717, 1.165) is 37.8 Å². The first-order chi connectivity index (χ1) is 9.63. The van der Waals surface area contributed by atoms with E-state index in [0.29, 0.717) is 5.75 Å². The van der Waals surface area contributed by atoms with E-state index < -0.39 is 5.97 Å². The molecule has 2 N–H and O–H groups in total. The van der Waals surface area contributed by atoms with Crippen molar-refractivity contribution in [3.63, 3.8) is 0 Å². The van der Waals surface area contributed by atoms with Gasteiger partial charge in [-0.3, -0.25) is 9.69 Å². The van der Waals surface area contributed by atoms with Crippen LogP contribution in [0.5, 0.6) is 5.75 Å². The predicted octanol–water partition coefficient (Wildman–Crippen LogP) is 3.17. The zero-order valence-electron chi connectivity index (χ0n) is 12.0. The quantitative estimate of drug-likeness (QED) is 0.868. The van der Waals surface area contributed by atoms with Crippen LogP contribution in [0, 0.1) is 0 Å². The van der Waals surface area contributed by atoms with Gasteiger partial charge >= 0.3 is 5.97 Å². The number of carboxylic acid groups (broad SMARTS) is 1. The van der Waals surface area contributed by atoms with Crippen molar-refractivity contribution < 1.29 is 15.0 Å². The Morgan fingerprint density at radius 2 is 2.15 bits per heavy atom. The van der Waals surface area contributed by atoms with Crippen LogP contribution < -0.4 is 0 Å². The van der Waals surface area contributed by atoms with Gasteiger partial charge in [-0.2, -0.15) is 0 Å². The lowest BCUT2D eigenvalue weighted by atomic mass is 9.93. The Hall–Kier alpha value is -1.55. The highest BCUT2D eigenvalue weighted by atomic mass is 16.4. The lowest BCUT2D eigenvalue weighted by Gasteiger charge is -2.40. The molecule has 4 heteroatoms. The van der Waals surface area contributed by atoms with Crippen molar-refractivity contribution >= 4 is 5.97 Å². The lowest BCUT2D eigenvalue weighted by Crippen LogP contribution is -2.43. The summed E-state index contributed by atoms with van der Waals surface area (Å²) in [6, 6.07) is 7.56. The summed E-state index contributed by atoms with van der Waals surface area (Å²) in [4.78, 5) is 13.3. The van der Waals surface area contributed by atoms with Crippen LogP contribution in [0.3, 0.4) is 0 Å². The fraction of sp³-hybridized carbons (Fsp3) is 0.562. The van der Waals surface area contributed by atoms with E-state index in [1.165, 1.54) is 0 Å². The number of para-hydroxylation sites is 1. The van der Waals surface area contributed by atoms with Crippen molar-refractivity contribution in [1.29, 1.82) is 0 Å². The first kappa shape index (κ1) is 14.9. The fourth-order valence-corrected chi connectivity index (χ4v) is 3.26. The van der Waals surface area contributed by atoms with Gasteiger partial charge in [-0.1, -0.05) is 31.5 Å². The predicted molar refractivity (Wildman–Crippen MR) is 77.7 cm³/mol. The number of phenols is 1. The van der Waals surface area contributed by atoms with Gasteiger partial charge in [0.15, 0.2) is 0 Å². The minimum atomic E-state index is -0.742. The van der Waals surface area contributed by atoms with Crippen LogP contribution in [0.15, 0.2) is 24.3 Å². The average Bonchev–Trinajstić information content (AvgIpc) is 2.43. The van der Waals surface area contributed by atoms with E-state index in [2.05, 4.69) is 11.8 Å². The number of aromatic hydroxyl groups is 1. The van der Waals surface area contributed by atoms with Gasteiger partial charge in [-0.05, 0) is 31.9 Å². The van der Waals surface area contributed by atoms with Gasteiger partial charge in [0, 0.05) is 17.6 Å². The Labute approximate surface area is 120 Å². The molecule has 2 unspecified atom stereocenters. The van der Waals surface area contributed by atoms with Gasteiger partial charge in [0.2, 0.25) is 0 Å². The molecular formula is C16H23NO3. The SMILES string of the molecule is CCC(c1ccccc1O)N1CCCCC1CC(=O)O. The number of aliphatic carboxylic acids is 1. The van der Waals surface area contributed by atoms with E-state index in [9.17, 15) is 9.90 Å². The summed E-state index contributed by atoms with van der Waals surface area (Å²) in [5.41, 5.74) is 0.910. The number of benzene rings is 1. The smallest absolute Gasteiger partial charge is 0.304 e. The maximum Gasteiger partial charge on any atom is 0.304 e. The molecule has 20 heavy (non-hydrogen) atoms. The van der Waals surface area contributed by atoms with Crippen molar-refractivity contribution in [2.24, 2.45) is 0 Å². The topological polar surface area (TPSA) is 60.8 Å². The van der Waals surface area contributed by atoms with E-state index in [1.54, 1.807) is 6.07 Å². The van der Waals surface area contributed by atoms with Gasteiger partial charge in [-0.25, -0.2) is 0 Å². The second-order valence-corrected chi connectivity index (χ2v) is 5.47. The molecule has 1 heterocycles. The number of phenolic OH excluding ortho intramolecular Hbond substituents is 1. The second-order valence-electron chi connectivity index (χ2n) is 5.47. The highest BCUT2D eigenvalue weighted by Gasteiger charge is 2.31. The Kier molecular flexibility index (Phi) is 5.01. The monoisotopic (exact) mass is 277 g/mol. The van der Waals surface area contributed by atoms with Crippen LogP contribution in [0.25, 0.3) is 0 Å². The van der Waals surface area contributed by atoms with Crippen molar-refractivity contribution in [2.45, 2.75) is 51.1 Å². The fourth-order valence-electron chi connectivity index (χ4n) is 3.26. The third kappa shape index (κ3) is 3.31. The number of likely N-dealkylation sites (tertiary alicyclic amines) is 1. The molecule has 0 aliphatic carbocycles. The molecule has 1 aliphatic rings. The molecule has 0 bridgehead atoms. The molecule has 2 rings (SSSR count). The zero-order valence-corrected chi connectivity index (χ0v) is 12.0. The number of piperidine rings is 1. The van der Waals surface area contributed by atoms with E-state index in [-0.39, 0.29) is 18.5 Å².